The minimum Gasteiger partial charge on any atom is -0.375 e. The highest BCUT2D eigenvalue weighted by Gasteiger charge is 2.39. The number of carbonyl (C=O) groups excluding carboxylic acids is 1. The van der Waals surface area contributed by atoms with Gasteiger partial charge in [0.05, 0.1) is 19.3 Å². The van der Waals surface area contributed by atoms with Gasteiger partial charge < -0.3 is 9.64 Å². The van der Waals surface area contributed by atoms with E-state index in [9.17, 15) is 4.79 Å². The van der Waals surface area contributed by atoms with Crippen LogP contribution >= 0.6 is 0 Å². The number of morpholine rings is 1. The van der Waals surface area contributed by atoms with Crippen LogP contribution in [0.4, 0.5) is 5.69 Å². The van der Waals surface area contributed by atoms with E-state index in [-0.39, 0.29) is 11.2 Å². The number of carbonyl (C=O) groups is 1. The lowest BCUT2D eigenvalue weighted by atomic mass is 9.83. The first-order chi connectivity index (χ1) is 12.5. The number of allylic oxidation sites excluding steroid dienone is 1. The molecule has 4 nitrogen and oxygen atoms in total. The van der Waals surface area contributed by atoms with Gasteiger partial charge in [-0.25, -0.2) is 0 Å². The lowest BCUT2D eigenvalue weighted by Gasteiger charge is -2.43. The van der Waals surface area contributed by atoms with Crippen LogP contribution in [0.5, 0.6) is 0 Å². The van der Waals surface area contributed by atoms with Crippen molar-refractivity contribution in [2.24, 2.45) is 0 Å². The number of rotatable bonds is 3. The van der Waals surface area contributed by atoms with Crippen molar-refractivity contribution in [2.45, 2.75) is 57.1 Å². The summed E-state index contributed by atoms with van der Waals surface area (Å²) in [5.41, 5.74) is 3.45. The van der Waals surface area contributed by atoms with Crippen molar-refractivity contribution in [3.63, 3.8) is 0 Å². The van der Waals surface area contributed by atoms with Gasteiger partial charge >= 0.3 is 0 Å². The Morgan fingerprint density at radius 1 is 1.27 bits per heavy atom. The summed E-state index contributed by atoms with van der Waals surface area (Å²) in [6.07, 6.45) is 7.01. The maximum atomic E-state index is 12.9. The van der Waals surface area contributed by atoms with Gasteiger partial charge in [0.25, 0.3) is 0 Å². The van der Waals surface area contributed by atoms with E-state index in [2.05, 4.69) is 55.0 Å². The number of hydrogen-bond acceptors (Lipinski definition) is 4. The number of para-hydroxylation sites is 1. The fourth-order valence-electron chi connectivity index (χ4n) is 5.03. The summed E-state index contributed by atoms with van der Waals surface area (Å²) in [4.78, 5) is 17.5. The monoisotopic (exact) mass is 354 g/mol. The average molecular weight is 354 g/mol. The van der Waals surface area contributed by atoms with E-state index >= 15 is 0 Å². The fourth-order valence-corrected chi connectivity index (χ4v) is 5.03. The van der Waals surface area contributed by atoms with E-state index in [0.29, 0.717) is 18.7 Å². The first kappa shape index (κ1) is 17.7. The third-order valence-electron chi connectivity index (χ3n) is 6.44. The summed E-state index contributed by atoms with van der Waals surface area (Å²) >= 11 is 0. The molecule has 0 spiro atoms. The molecule has 0 N–H and O–H groups in total. The molecule has 2 heterocycles. The molecule has 1 aromatic rings. The predicted molar refractivity (Wildman–Crippen MR) is 105 cm³/mol. The highest BCUT2D eigenvalue weighted by molar-refractivity contribution is 5.94. The normalized spacial score (nSPS) is 29.5. The summed E-state index contributed by atoms with van der Waals surface area (Å²) in [7, 11) is 2.07. The summed E-state index contributed by atoms with van der Waals surface area (Å²) in [6.45, 7) is 6.55. The van der Waals surface area contributed by atoms with Gasteiger partial charge in [-0.15, -0.1) is 0 Å². The van der Waals surface area contributed by atoms with Gasteiger partial charge in [0.2, 0.25) is 0 Å². The maximum Gasteiger partial charge on any atom is 0.171 e. The molecule has 2 unspecified atom stereocenters. The fraction of sp³-hybridized carbons (Fsp3) is 0.591. The number of likely N-dealkylation sites (N-methyl/N-ethyl adjacent to an activating group) is 1. The average Bonchev–Trinajstić information content (AvgIpc) is 2.83. The highest BCUT2D eigenvalue weighted by Crippen LogP contribution is 2.46. The molecule has 1 aliphatic carbocycles. The molecule has 2 atom stereocenters. The summed E-state index contributed by atoms with van der Waals surface area (Å²) in [5, 5.41) is 0. The Balaban J connectivity index is 1.52. The van der Waals surface area contributed by atoms with E-state index in [0.717, 1.165) is 31.7 Å². The molecular formula is C22H30N2O2. The van der Waals surface area contributed by atoms with Crippen LogP contribution in [0.15, 0.2) is 36.0 Å². The zero-order valence-electron chi connectivity index (χ0n) is 16.2. The molecule has 1 saturated heterocycles. The quantitative estimate of drug-likeness (QED) is 0.778. The van der Waals surface area contributed by atoms with Crippen LogP contribution < -0.4 is 4.90 Å². The molecule has 1 saturated carbocycles. The van der Waals surface area contributed by atoms with Gasteiger partial charge in [-0.2, -0.15) is 0 Å². The zero-order chi connectivity index (χ0) is 18.3. The Labute approximate surface area is 156 Å². The minimum absolute atomic E-state index is 0.139. The van der Waals surface area contributed by atoms with Crippen molar-refractivity contribution < 1.29 is 9.53 Å². The molecule has 3 aliphatic rings. The maximum absolute atomic E-state index is 12.9. The highest BCUT2D eigenvalue weighted by atomic mass is 16.5. The molecule has 0 aromatic heterocycles. The number of nitrogens with zero attached hydrogens (tertiary/aromatic N) is 2. The van der Waals surface area contributed by atoms with Crippen LogP contribution in [0.1, 0.15) is 45.1 Å². The number of ketones is 1. The van der Waals surface area contributed by atoms with Gasteiger partial charge in [0, 0.05) is 42.5 Å². The molecule has 1 aromatic carbocycles. The van der Waals surface area contributed by atoms with Crippen LogP contribution in [-0.2, 0) is 14.9 Å². The number of hydrogen-bond donors (Lipinski definition) is 0. The lowest BCUT2D eigenvalue weighted by Crippen LogP contribution is -2.53. The van der Waals surface area contributed by atoms with Crippen molar-refractivity contribution in [3.05, 3.63) is 41.6 Å². The molecule has 0 amide bonds. The molecular weight excluding hydrogens is 324 g/mol. The molecule has 4 heteroatoms. The van der Waals surface area contributed by atoms with Gasteiger partial charge in [-0.3, -0.25) is 9.69 Å². The van der Waals surface area contributed by atoms with Crippen molar-refractivity contribution in [1.82, 2.24) is 4.90 Å². The van der Waals surface area contributed by atoms with Gasteiger partial charge in [0.15, 0.2) is 5.78 Å². The van der Waals surface area contributed by atoms with E-state index in [1.807, 2.05) is 6.08 Å². The number of ether oxygens (including phenoxy) is 1. The lowest BCUT2D eigenvalue weighted by molar-refractivity contribution is -0.123. The van der Waals surface area contributed by atoms with Gasteiger partial charge in [-0.1, -0.05) is 44.9 Å². The third-order valence-corrected chi connectivity index (χ3v) is 6.44. The van der Waals surface area contributed by atoms with Crippen LogP contribution in [0.2, 0.25) is 0 Å². The van der Waals surface area contributed by atoms with Crippen LogP contribution in [0.25, 0.3) is 0 Å². The molecule has 2 fully saturated rings. The second kappa shape index (κ2) is 6.82. The molecule has 26 heavy (non-hydrogen) atoms. The summed E-state index contributed by atoms with van der Waals surface area (Å²) < 4.78 is 5.94. The second-order valence-electron chi connectivity index (χ2n) is 8.43. The third kappa shape index (κ3) is 2.99. The van der Waals surface area contributed by atoms with Crippen LogP contribution in [0.3, 0.4) is 0 Å². The van der Waals surface area contributed by atoms with Gasteiger partial charge in [-0.05, 0) is 24.5 Å². The van der Waals surface area contributed by atoms with E-state index in [1.54, 1.807) is 0 Å². The Morgan fingerprint density at radius 2 is 2.04 bits per heavy atom. The standard InChI is InChI=1S/C22H30N2O2/c1-22(2)17-8-4-5-9-18(17)23(3)21(22)14-16(25)15-24-12-13-26-20-11-7-6-10-19(20)24/h4-5,8-9,14,19-20H,6-7,10-13,15H2,1-3H3/b21-14-. The van der Waals surface area contributed by atoms with Crippen molar-refractivity contribution in [2.75, 3.05) is 31.6 Å². The first-order valence-corrected chi connectivity index (χ1v) is 9.92. The first-order valence-electron chi connectivity index (χ1n) is 9.92. The Morgan fingerprint density at radius 3 is 2.85 bits per heavy atom. The van der Waals surface area contributed by atoms with E-state index < -0.39 is 0 Å². The van der Waals surface area contributed by atoms with Crippen molar-refractivity contribution in [1.29, 1.82) is 0 Å². The zero-order valence-corrected chi connectivity index (χ0v) is 16.2. The number of benzene rings is 1. The van der Waals surface area contributed by atoms with E-state index in [4.69, 9.17) is 4.74 Å². The largest absolute Gasteiger partial charge is 0.375 e. The number of anilines is 1. The molecule has 0 radical (unpaired) electrons. The minimum atomic E-state index is -0.139. The van der Waals surface area contributed by atoms with Gasteiger partial charge in [0.1, 0.15) is 0 Å². The smallest absolute Gasteiger partial charge is 0.171 e. The predicted octanol–water partition coefficient (Wildman–Crippen LogP) is 3.51. The Kier molecular flexibility index (Phi) is 4.66. The second-order valence-corrected chi connectivity index (χ2v) is 8.43. The van der Waals surface area contributed by atoms with Crippen LogP contribution in [-0.4, -0.2) is 49.6 Å². The SMILES string of the molecule is CN1/C(=C\C(=O)CN2CCOC3CCCCC32)C(C)(C)c2ccccc21. The Bertz CT molecular complexity index is 723. The molecule has 140 valence electrons. The summed E-state index contributed by atoms with van der Waals surface area (Å²) in [5.74, 6) is 0.207. The van der Waals surface area contributed by atoms with Crippen molar-refractivity contribution in [3.8, 4) is 0 Å². The van der Waals surface area contributed by atoms with E-state index in [1.165, 1.54) is 24.1 Å². The van der Waals surface area contributed by atoms with Crippen LogP contribution in [0, 0.1) is 0 Å². The molecule has 4 rings (SSSR count). The topological polar surface area (TPSA) is 32.8 Å². The Hall–Kier alpha value is -1.65. The number of fused-ring (bicyclic) bond motifs is 2. The molecule has 2 aliphatic heterocycles. The van der Waals surface area contributed by atoms with Crippen molar-refractivity contribution >= 4 is 11.5 Å². The summed E-state index contributed by atoms with van der Waals surface area (Å²) in [6, 6.07) is 8.87. The molecule has 0 bridgehead atoms.